The number of likely N-dealkylation sites (tertiary alicyclic amines) is 1. The molecule has 0 atom stereocenters. The summed E-state index contributed by atoms with van der Waals surface area (Å²) in [7, 11) is 2.29. The zero-order valence-corrected chi connectivity index (χ0v) is 14.1. The first kappa shape index (κ1) is 15.8. The Morgan fingerprint density at radius 2 is 1.43 bits per heavy atom. The fraction of sp³-hybridized carbons (Fsp3) is 1.00. The average molecular weight is 293 g/mol. The van der Waals surface area contributed by atoms with Crippen molar-refractivity contribution in [3.63, 3.8) is 0 Å². The first-order valence-corrected chi connectivity index (χ1v) is 9.42. The van der Waals surface area contributed by atoms with E-state index in [1.165, 1.54) is 96.8 Å². The second kappa shape index (κ2) is 6.97. The summed E-state index contributed by atoms with van der Waals surface area (Å²) in [5.74, 6) is 0. The summed E-state index contributed by atoms with van der Waals surface area (Å²) in [6, 6.07) is 0. The lowest BCUT2D eigenvalue weighted by molar-refractivity contribution is 0.128. The quantitative estimate of drug-likeness (QED) is 0.719. The van der Waals surface area contributed by atoms with E-state index >= 15 is 0 Å². The van der Waals surface area contributed by atoms with Crippen LogP contribution in [0.5, 0.6) is 0 Å². The minimum atomic E-state index is 0.602. The minimum absolute atomic E-state index is 0.602. The topological polar surface area (TPSA) is 27.3 Å². The third kappa shape index (κ3) is 3.62. The summed E-state index contributed by atoms with van der Waals surface area (Å²) < 4.78 is 0. The maximum Gasteiger partial charge on any atom is 0.0231 e. The monoisotopic (exact) mass is 293 g/mol. The molecule has 0 aromatic heterocycles. The molecule has 3 nitrogen and oxygen atoms in total. The molecule has 3 heteroatoms. The number of hydrogen-bond acceptors (Lipinski definition) is 3. The van der Waals surface area contributed by atoms with Gasteiger partial charge in [-0.3, -0.25) is 0 Å². The van der Waals surface area contributed by atoms with Gasteiger partial charge in [-0.05, 0) is 84.6 Å². The van der Waals surface area contributed by atoms with Crippen molar-refractivity contribution in [1.82, 2.24) is 15.5 Å². The predicted molar refractivity (Wildman–Crippen MR) is 89.8 cm³/mol. The van der Waals surface area contributed by atoms with E-state index < -0.39 is 0 Å². The Hall–Kier alpha value is -0.120. The Bertz CT molecular complexity index is 308. The third-order valence-corrected chi connectivity index (χ3v) is 6.62. The van der Waals surface area contributed by atoms with Crippen LogP contribution in [-0.2, 0) is 0 Å². The molecular formula is C18H35N3. The van der Waals surface area contributed by atoms with Crippen molar-refractivity contribution >= 4 is 0 Å². The largest absolute Gasteiger partial charge is 0.317 e. The smallest absolute Gasteiger partial charge is 0.0231 e. The van der Waals surface area contributed by atoms with Gasteiger partial charge in [0, 0.05) is 11.1 Å². The van der Waals surface area contributed by atoms with Crippen molar-refractivity contribution in [3.05, 3.63) is 0 Å². The van der Waals surface area contributed by atoms with Crippen LogP contribution in [0.4, 0.5) is 0 Å². The van der Waals surface area contributed by atoms with Gasteiger partial charge in [0.1, 0.15) is 0 Å². The molecule has 0 unspecified atom stereocenters. The van der Waals surface area contributed by atoms with Crippen molar-refractivity contribution in [3.8, 4) is 0 Å². The van der Waals surface area contributed by atoms with E-state index in [9.17, 15) is 0 Å². The molecular weight excluding hydrogens is 258 g/mol. The molecule has 4 aliphatic rings. The second-order valence-corrected chi connectivity index (χ2v) is 7.87. The standard InChI is InChI=1S/C9H18N2.C9H17N/c1-11-8-2-3-9(11)4-6-10-7-5-9;1-2-5-9(6-3-1)7-4-8-10-9/h10H,2-8H2,1H3;10H,1-8H2. The molecule has 1 aliphatic carbocycles. The van der Waals surface area contributed by atoms with Crippen molar-refractivity contribution in [2.24, 2.45) is 0 Å². The van der Waals surface area contributed by atoms with Gasteiger partial charge in [0.15, 0.2) is 0 Å². The first-order valence-electron chi connectivity index (χ1n) is 9.42. The molecule has 0 amide bonds. The lowest BCUT2D eigenvalue weighted by atomic mass is 9.81. The summed E-state index contributed by atoms with van der Waals surface area (Å²) >= 11 is 0. The van der Waals surface area contributed by atoms with E-state index in [4.69, 9.17) is 0 Å². The van der Waals surface area contributed by atoms with Gasteiger partial charge in [0.05, 0.1) is 0 Å². The molecule has 0 radical (unpaired) electrons. The Kier molecular flexibility index (Phi) is 5.23. The molecule has 0 aromatic rings. The normalized spacial score (nSPS) is 31.3. The van der Waals surface area contributed by atoms with Gasteiger partial charge in [0.25, 0.3) is 0 Å². The summed E-state index contributed by atoms with van der Waals surface area (Å²) in [6.45, 7) is 5.05. The maximum absolute atomic E-state index is 3.67. The highest BCUT2D eigenvalue weighted by molar-refractivity contribution is 4.97. The lowest BCUT2D eigenvalue weighted by Crippen LogP contribution is -2.49. The van der Waals surface area contributed by atoms with E-state index in [2.05, 4.69) is 22.6 Å². The van der Waals surface area contributed by atoms with Crippen LogP contribution in [0.3, 0.4) is 0 Å². The van der Waals surface area contributed by atoms with Gasteiger partial charge in [-0.25, -0.2) is 0 Å². The fourth-order valence-corrected chi connectivity index (χ4v) is 5.12. The van der Waals surface area contributed by atoms with Gasteiger partial charge in [-0.2, -0.15) is 0 Å². The number of nitrogens with zero attached hydrogens (tertiary/aromatic N) is 1. The molecule has 21 heavy (non-hydrogen) atoms. The highest BCUT2D eigenvalue weighted by Gasteiger charge is 2.39. The molecule has 1 saturated carbocycles. The van der Waals surface area contributed by atoms with E-state index in [1.54, 1.807) is 0 Å². The van der Waals surface area contributed by atoms with Gasteiger partial charge in [-0.15, -0.1) is 0 Å². The summed E-state index contributed by atoms with van der Waals surface area (Å²) in [4.78, 5) is 2.58. The van der Waals surface area contributed by atoms with E-state index in [0.29, 0.717) is 11.1 Å². The molecule has 2 N–H and O–H groups in total. The Balaban J connectivity index is 0.000000126. The van der Waals surface area contributed by atoms with Gasteiger partial charge < -0.3 is 15.5 Å². The van der Waals surface area contributed by atoms with E-state index in [0.717, 1.165) is 0 Å². The van der Waals surface area contributed by atoms with Crippen molar-refractivity contribution in [2.45, 2.75) is 81.7 Å². The molecule has 4 rings (SSSR count). The fourth-order valence-electron chi connectivity index (χ4n) is 5.12. The Morgan fingerprint density at radius 3 is 2.00 bits per heavy atom. The van der Waals surface area contributed by atoms with Crippen LogP contribution < -0.4 is 10.6 Å². The Morgan fingerprint density at radius 1 is 0.714 bits per heavy atom. The van der Waals surface area contributed by atoms with E-state index in [1.807, 2.05) is 0 Å². The van der Waals surface area contributed by atoms with Crippen LogP contribution in [0.25, 0.3) is 0 Å². The summed E-state index contributed by atoms with van der Waals surface area (Å²) in [6.07, 6.45) is 15.8. The van der Waals surface area contributed by atoms with Crippen molar-refractivity contribution < 1.29 is 0 Å². The van der Waals surface area contributed by atoms with Crippen molar-refractivity contribution in [2.75, 3.05) is 33.2 Å². The minimum Gasteiger partial charge on any atom is -0.317 e. The highest BCUT2D eigenvalue weighted by Crippen LogP contribution is 2.35. The molecule has 2 spiro atoms. The zero-order valence-electron chi connectivity index (χ0n) is 14.1. The van der Waals surface area contributed by atoms with Crippen LogP contribution in [0.15, 0.2) is 0 Å². The van der Waals surface area contributed by atoms with Crippen LogP contribution in [-0.4, -0.2) is 49.2 Å². The van der Waals surface area contributed by atoms with Gasteiger partial charge in [0.2, 0.25) is 0 Å². The average Bonchev–Trinajstić information content (AvgIpc) is 3.10. The number of piperidine rings is 1. The number of nitrogens with one attached hydrogen (secondary N) is 2. The predicted octanol–water partition coefficient (Wildman–Crippen LogP) is 2.91. The number of hydrogen-bond donors (Lipinski definition) is 2. The molecule has 3 aliphatic heterocycles. The van der Waals surface area contributed by atoms with Crippen LogP contribution in [0, 0.1) is 0 Å². The Labute approximate surface area is 131 Å². The van der Waals surface area contributed by atoms with Gasteiger partial charge in [-0.1, -0.05) is 19.3 Å². The van der Waals surface area contributed by atoms with Gasteiger partial charge >= 0.3 is 0 Å². The van der Waals surface area contributed by atoms with Crippen LogP contribution in [0.1, 0.15) is 70.6 Å². The molecule has 0 aromatic carbocycles. The molecule has 3 saturated heterocycles. The highest BCUT2D eigenvalue weighted by atomic mass is 15.2. The molecule has 122 valence electrons. The van der Waals surface area contributed by atoms with E-state index in [-0.39, 0.29) is 0 Å². The first-order chi connectivity index (χ1) is 10.2. The van der Waals surface area contributed by atoms with Crippen molar-refractivity contribution in [1.29, 1.82) is 0 Å². The third-order valence-electron chi connectivity index (χ3n) is 6.62. The molecule has 4 fully saturated rings. The summed E-state index contributed by atoms with van der Waals surface area (Å²) in [5, 5.41) is 7.10. The second-order valence-electron chi connectivity index (χ2n) is 7.87. The van der Waals surface area contributed by atoms with Crippen LogP contribution in [0.2, 0.25) is 0 Å². The SMILES string of the molecule is C1CCC2(CC1)CCCN2.CN1CCCC12CCNCC2. The van der Waals surface area contributed by atoms with Crippen LogP contribution >= 0.6 is 0 Å². The molecule has 0 bridgehead atoms. The maximum atomic E-state index is 3.67. The lowest BCUT2D eigenvalue weighted by Gasteiger charge is -2.39. The number of rotatable bonds is 0. The summed E-state index contributed by atoms with van der Waals surface area (Å²) in [5.41, 5.74) is 1.23. The molecule has 3 heterocycles. The zero-order chi connectivity index (χ0) is 14.6.